The van der Waals surface area contributed by atoms with Gasteiger partial charge in [0.2, 0.25) is 5.91 Å². The number of para-hydroxylation sites is 1. The van der Waals surface area contributed by atoms with Crippen LogP contribution in [0.3, 0.4) is 0 Å². The van der Waals surface area contributed by atoms with E-state index < -0.39 is 0 Å². The zero-order chi connectivity index (χ0) is 17.8. The van der Waals surface area contributed by atoms with E-state index in [1.165, 1.54) is 16.8 Å². The lowest BCUT2D eigenvalue weighted by Gasteiger charge is -2.37. The fourth-order valence-corrected chi connectivity index (χ4v) is 3.51. The number of anilines is 1. The molecule has 1 aliphatic rings. The first-order valence-corrected chi connectivity index (χ1v) is 8.80. The third-order valence-corrected chi connectivity index (χ3v) is 4.90. The third-order valence-electron chi connectivity index (χ3n) is 4.90. The van der Waals surface area contributed by atoms with E-state index in [4.69, 9.17) is 4.74 Å². The molecular weight excluding hydrogens is 312 g/mol. The van der Waals surface area contributed by atoms with Crippen molar-refractivity contribution >= 4 is 11.6 Å². The van der Waals surface area contributed by atoms with Crippen LogP contribution < -0.4 is 9.64 Å². The first kappa shape index (κ1) is 17.3. The van der Waals surface area contributed by atoms with Crippen molar-refractivity contribution in [3.63, 3.8) is 0 Å². The maximum absolute atomic E-state index is 12.6. The Bertz CT molecular complexity index is 712. The molecule has 4 heteroatoms. The van der Waals surface area contributed by atoms with E-state index in [-0.39, 0.29) is 5.91 Å². The number of amides is 1. The van der Waals surface area contributed by atoms with Crippen molar-refractivity contribution in [3.8, 4) is 5.75 Å². The topological polar surface area (TPSA) is 32.8 Å². The van der Waals surface area contributed by atoms with E-state index in [0.29, 0.717) is 6.42 Å². The molecule has 0 radical (unpaired) electrons. The van der Waals surface area contributed by atoms with Crippen LogP contribution in [-0.4, -0.2) is 44.1 Å². The molecule has 0 bridgehead atoms. The fourth-order valence-electron chi connectivity index (χ4n) is 3.51. The molecule has 2 aromatic carbocycles. The molecule has 4 nitrogen and oxygen atoms in total. The lowest BCUT2D eigenvalue weighted by Crippen LogP contribution is -2.49. The Labute approximate surface area is 150 Å². The van der Waals surface area contributed by atoms with Crippen LogP contribution in [0, 0.1) is 13.8 Å². The van der Waals surface area contributed by atoms with Gasteiger partial charge in [-0.25, -0.2) is 0 Å². The minimum Gasteiger partial charge on any atom is -0.497 e. The van der Waals surface area contributed by atoms with Gasteiger partial charge in [-0.05, 0) is 42.7 Å². The second kappa shape index (κ2) is 7.60. The average Bonchev–Trinajstić information content (AvgIpc) is 2.63. The molecule has 132 valence electrons. The van der Waals surface area contributed by atoms with Crippen LogP contribution in [0.25, 0.3) is 0 Å². The summed E-state index contributed by atoms with van der Waals surface area (Å²) < 4.78 is 5.16. The number of hydrogen-bond donors (Lipinski definition) is 0. The lowest BCUT2D eigenvalue weighted by atomic mass is 10.1. The number of benzene rings is 2. The van der Waals surface area contributed by atoms with Crippen molar-refractivity contribution in [2.45, 2.75) is 20.3 Å². The van der Waals surface area contributed by atoms with E-state index in [9.17, 15) is 4.79 Å². The van der Waals surface area contributed by atoms with Crippen LogP contribution in [-0.2, 0) is 11.2 Å². The molecule has 1 fully saturated rings. The standard InChI is InChI=1S/C21H26N2O2/c1-16-5-4-6-17(2)21(16)23-13-11-22(12-14-23)20(24)15-18-7-9-19(25-3)10-8-18/h4-10H,11-15H2,1-3H3. The molecule has 0 unspecified atom stereocenters. The number of ether oxygens (including phenoxy) is 1. The van der Waals surface area contributed by atoms with Crippen molar-refractivity contribution in [2.24, 2.45) is 0 Å². The van der Waals surface area contributed by atoms with Crippen LogP contribution in [0.2, 0.25) is 0 Å². The van der Waals surface area contributed by atoms with Gasteiger partial charge in [0, 0.05) is 31.9 Å². The normalized spacial score (nSPS) is 14.5. The molecule has 1 aliphatic heterocycles. The van der Waals surface area contributed by atoms with Crippen molar-refractivity contribution in [3.05, 3.63) is 59.2 Å². The third kappa shape index (κ3) is 3.95. The summed E-state index contributed by atoms with van der Waals surface area (Å²) in [4.78, 5) is 17.0. The lowest BCUT2D eigenvalue weighted by molar-refractivity contribution is -0.130. The number of piperazine rings is 1. The van der Waals surface area contributed by atoms with Crippen LogP contribution in [0.5, 0.6) is 5.75 Å². The zero-order valence-corrected chi connectivity index (χ0v) is 15.3. The largest absolute Gasteiger partial charge is 0.497 e. The summed E-state index contributed by atoms with van der Waals surface area (Å²) in [6.07, 6.45) is 0.452. The second-order valence-electron chi connectivity index (χ2n) is 6.63. The molecular formula is C21H26N2O2. The van der Waals surface area contributed by atoms with Crippen molar-refractivity contribution in [1.82, 2.24) is 4.90 Å². The molecule has 1 heterocycles. The summed E-state index contributed by atoms with van der Waals surface area (Å²) in [5.41, 5.74) is 4.96. The first-order valence-electron chi connectivity index (χ1n) is 8.80. The molecule has 1 saturated heterocycles. The van der Waals surface area contributed by atoms with Crippen LogP contribution in [0.15, 0.2) is 42.5 Å². The number of aryl methyl sites for hydroxylation is 2. The highest BCUT2D eigenvalue weighted by atomic mass is 16.5. The number of rotatable bonds is 4. The highest BCUT2D eigenvalue weighted by molar-refractivity contribution is 5.79. The summed E-state index contributed by atoms with van der Waals surface area (Å²) in [7, 11) is 1.65. The number of carbonyl (C=O) groups excluding carboxylic acids is 1. The molecule has 0 aliphatic carbocycles. The molecule has 0 spiro atoms. The summed E-state index contributed by atoms with van der Waals surface area (Å²) >= 11 is 0. The van der Waals surface area contributed by atoms with Gasteiger partial charge >= 0.3 is 0 Å². The highest BCUT2D eigenvalue weighted by Crippen LogP contribution is 2.25. The molecule has 0 saturated carbocycles. The fraction of sp³-hybridized carbons (Fsp3) is 0.381. The summed E-state index contributed by atoms with van der Waals surface area (Å²) in [5, 5.41) is 0. The van der Waals surface area contributed by atoms with Crippen LogP contribution >= 0.6 is 0 Å². The molecule has 0 atom stereocenters. The maximum Gasteiger partial charge on any atom is 0.227 e. The summed E-state index contributed by atoms with van der Waals surface area (Å²) in [6, 6.07) is 14.1. The quantitative estimate of drug-likeness (QED) is 0.858. The Kier molecular flexibility index (Phi) is 5.27. The summed E-state index contributed by atoms with van der Waals surface area (Å²) in [5.74, 6) is 1.02. The maximum atomic E-state index is 12.6. The Hall–Kier alpha value is -2.49. The molecule has 2 aromatic rings. The van der Waals surface area contributed by atoms with Crippen molar-refractivity contribution in [1.29, 1.82) is 0 Å². The van der Waals surface area contributed by atoms with Gasteiger partial charge in [0.15, 0.2) is 0 Å². The Balaban J connectivity index is 1.59. The van der Waals surface area contributed by atoms with Gasteiger partial charge in [-0.3, -0.25) is 4.79 Å². The van der Waals surface area contributed by atoms with Crippen LogP contribution in [0.1, 0.15) is 16.7 Å². The smallest absolute Gasteiger partial charge is 0.227 e. The monoisotopic (exact) mass is 338 g/mol. The molecule has 25 heavy (non-hydrogen) atoms. The zero-order valence-electron chi connectivity index (χ0n) is 15.3. The van der Waals surface area contributed by atoms with Gasteiger partial charge < -0.3 is 14.5 Å². The molecule has 0 N–H and O–H groups in total. The second-order valence-corrected chi connectivity index (χ2v) is 6.63. The van der Waals surface area contributed by atoms with Crippen LogP contribution in [0.4, 0.5) is 5.69 Å². The summed E-state index contributed by atoms with van der Waals surface area (Å²) in [6.45, 7) is 7.65. The van der Waals surface area contributed by atoms with Crippen molar-refractivity contribution < 1.29 is 9.53 Å². The highest BCUT2D eigenvalue weighted by Gasteiger charge is 2.22. The Morgan fingerprint density at radius 1 is 0.960 bits per heavy atom. The number of carbonyl (C=O) groups is 1. The number of methoxy groups -OCH3 is 1. The van der Waals surface area contributed by atoms with Gasteiger partial charge in [-0.2, -0.15) is 0 Å². The number of hydrogen-bond acceptors (Lipinski definition) is 3. The predicted octanol–water partition coefficient (Wildman–Crippen LogP) is 3.20. The SMILES string of the molecule is COc1ccc(CC(=O)N2CCN(c3c(C)cccc3C)CC2)cc1. The van der Waals surface area contributed by atoms with E-state index in [1.54, 1.807) is 7.11 Å². The van der Waals surface area contributed by atoms with E-state index >= 15 is 0 Å². The van der Waals surface area contributed by atoms with Gasteiger partial charge in [0.25, 0.3) is 0 Å². The van der Waals surface area contributed by atoms with Gasteiger partial charge in [-0.15, -0.1) is 0 Å². The molecule has 3 rings (SSSR count). The predicted molar refractivity (Wildman–Crippen MR) is 101 cm³/mol. The number of nitrogens with zero attached hydrogens (tertiary/aromatic N) is 2. The first-order chi connectivity index (χ1) is 12.1. The average molecular weight is 338 g/mol. The minimum atomic E-state index is 0.200. The molecule has 0 aromatic heterocycles. The van der Waals surface area contributed by atoms with Crippen molar-refractivity contribution in [2.75, 3.05) is 38.2 Å². The van der Waals surface area contributed by atoms with Gasteiger partial charge in [-0.1, -0.05) is 30.3 Å². The minimum absolute atomic E-state index is 0.200. The van der Waals surface area contributed by atoms with Gasteiger partial charge in [0.05, 0.1) is 13.5 Å². The Morgan fingerprint density at radius 2 is 1.56 bits per heavy atom. The van der Waals surface area contributed by atoms with E-state index in [1.807, 2.05) is 29.2 Å². The van der Waals surface area contributed by atoms with E-state index in [2.05, 4.69) is 36.9 Å². The van der Waals surface area contributed by atoms with Gasteiger partial charge in [0.1, 0.15) is 5.75 Å². The Morgan fingerprint density at radius 3 is 2.12 bits per heavy atom. The van der Waals surface area contributed by atoms with E-state index in [0.717, 1.165) is 37.5 Å². The molecule has 1 amide bonds.